The van der Waals surface area contributed by atoms with E-state index in [2.05, 4.69) is 36.2 Å². The number of rotatable bonds is 8. The number of anilines is 2. The van der Waals surface area contributed by atoms with E-state index in [9.17, 15) is 4.79 Å². The molecule has 0 atom stereocenters. The van der Waals surface area contributed by atoms with Crippen LogP contribution < -0.4 is 10.2 Å². The van der Waals surface area contributed by atoms with Crippen LogP contribution in [-0.4, -0.2) is 30.7 Å². The summed E-state index contributed by atoms with van der Waals surface area (Å²) in [5, 5.41) is 12.1. The maximum absolute atomic E-state index is 10.9. The highest BCUT2D eigenvalue weighted by atomic mass is 16.4. The molecule has 2 N–H and O–H groups in total. The van der Waals surface area contributed by atoms with Crippen LogP contribution in [0.5, 0.6) is 0 Å². The van der Waals surface area contributed by atoms with Gasteiger partial charge in [0.05, 0.1) is 0 Å². The molecule has 4 nitrogen and oxygen atoms in total. The lowest BCUT2D eigenvalue weighted by atomic mass is 10.2. The normalized spacial score (nSPS) is 11.2. The van der Waals surface area contributed by atoms with Gasteiger partial charge < -0.3 is 15.3 Å². The third-order valence-corrected chi connectivity index (χ3v) is 3.31. The van der Waals surface area contributed by atoms with Crippen LogP contribution in [0.25, 0.3) is 0 Å². The van der Waals surface area contributed by atoms with Crippen molar-refractivity contribution in [2.24, 2.45) is 0 Å². The summed E-state index contributed by atoms with van der Waals surface area (Å²) in [5.74, 6) is -0.841. The predicted molar refractivity (Wildman–Crippen MR) is 84.5 cm³/mol. The van der Waals surface area contributed by atoms with Gasteiger partial charge in [-0.05, 0) is 44.5 Å². The summed E-state index contributed by atoms with van der Waals surface area (Å²) in [7, 11) is 0. The third-order valence-electron chi connectivity index (χ3n) is 3.31. The predicted octanol–water partition coefficient (Wildman–Crippen LogP) is 3.37. The van der Waals surface area contributed by atoms with Gasteiger partial charge in [0.15, 0.2) is 0 Å². The number of benzene rings is 1. The van der Waals surface area contributed by atoms with E-state index >= 15 is 0 Å². The molecule has 4 heteroatoms. The smallest absolute Gasteiger partial charge is 0.331 e. The Kier molecular flexibility index (Phi) is 6.64. The molecule has 20 heavy (non-hydrogen) atoms. The highest BCUT2D eigenvalue weighted by Gasteiger charge is 2.03. The van der Waals surface area contributed by atoms with Crippen molar-refractivity contribution in [2.45, 2.75) is 27.2 Å². The van der Waals surface area contributed by atoms with Crippen LogP contribution >= 0.6 is 0 Å². The van der Waals surface area contributed by atoms with Crippen molar-refractivity contribution in [3.8, 4) is 0 Å². The van der Waals surface area contributed by atoms with Crippen molar-refractivity contribution in [1.82, 2.24) is 0 Å². The standard InChI is InChI=1S/C16H24N2O2/c1-4-13(16(19)20)11-12-17-14-7-9-15(10-8-14)18(5-2)6-3/h7-11,17H,4-6,12H2,1-3H3,(H,19,20)/b13-11-. The summed E-state index contributed by atoms with van der Waals surface area (Å²) < 4.78 is 0. The Labute approximate surface area is 121 Å². The first-order valence-electron chi connectivity index (χ1n) is 7.13. The van der Waals surface area contributed by atoms with Crippen LogP contribution in [0.4, 0.5) is 11.4 Å². The minimum absolute atomic E-state index is 0.442. The van der Waals surface area contributed by atoms with Gasteiger partial charge in [-0.3, -0.25) is 0 Å². The van der Waals surface area contributed by atoms with Crippen LogP contribution in [0, 0.1) is 0 Å². The quantitative estimate of drug-likeness (QED) is 0.715. The lowest BCUT2D eigenvalue weighted by Gasteiger charge is -2.21. The Balaban J connectivity index is 2.60. The summed E-state index contributed by atoms with van der Waals surface area (Å²) in [4.78, 5) is 13.1. The first-order valence-corrected chi connectivity index (χ1v) is 7.13. The summed E-state index contributed by atoms with van der Waals surface area (Å²) in [6.07, 6.45) is 2.26. The van der Waals surface area contributed by atoms with Crippen LogP contribution in [0.15, 0.2) is 35.9 Å². The molecule has 0 spiro atoms. The third kappa shape index (κ3) is 4.61. The molecule has 0 aliphatic heterocycles. The van der Waals surface area contributed by atoms with E-state index in [1.165, 1.54) is 5.69 Å². The molecule has 1 aromatic rings. The minimum atomic E-state index is -0.841. The summed E-state index contributed by atoms with van der Waals surface area (Å²) in [6.45, 7) is 8.63. The fourth-order valence-electron chi connectivity index (χ4n) is 2.05. The van der Waals surface area contributed by atoms with Gasteiger partial charge in [0, 0.05) is 36.6 Å². The van der Waals surface area contributed by atoms with Gasteiger partial charge in [-0.1, -0.05) is 13.0 Å². The zero-order chi connectivity index (χ0) is 15.0. The maximum atomic E-state index is 10.9. The van der Waals surface area contributed by atoms with Crippen molar-refractivity contribution < 1.29 is 9.90 Å². The van der Waals surface area contributed by atoms with E-state index in [4.69, 9.17) is 5.11 Å². The Hall–Kier alpha value is -1.97. The molecule has 1 aromatic carbocycles. The molecule has 0 saturated heterocycles. The lowest BCUT2D eigenvalue weighted by Crippen LogP contribution is -2.21. The van der Waals surface area contributed by atoms with Crippen LogP contribution in [-0.2, 0) is 4.79 Å². The van der Waals surface area contributed by atoms with Crippen molar-refractivity contribution in [1.29, 1.82) is 0 Å². The van der Waals surface area contributed by atoms with Crippen LogP contribution in [0.3, 0.4) is 0 Å². The molecule has 0 amide bonds. The summed E-state index contributed by atoms with van der Waals surface area (Å²) in [5.41, 5.74) is 2.64. The van der Waals surface area contributed by atoms with E-state index in [1.807, 2.05) is 19.1 Å². The topological polar surface area (TPSA) is 52.6 Å². The molecule has 0 saturated carbocycles. The highest BCUT2D eigenvalue weighted by Crippen LogP contribution is 2.17. The molecule has 0 unspecified atom stereocenters. The first kappa shape index (κ1) is 16.1. The van der Waals surface area contributed by atoms with Gasteiger partial charge in [0.1, 0.15) is 0 Å². The highest BCUT2D eigenvalue weighted by molar-refractivity contribution is 5.86. The lowest BCUT2D eigenvalue weighted by molar-refractivity contribution is -0.132. The van der Waals surface area contributed by atoms with Crippen molar-refractivity contribution >= 4 is 17.3 Å². The average Bonchev–Trinajstić information content (AvgIpc) is 2.46. The Morgan fingerprint density at radius 2 is 1.80 bits per heavy atom. The zero-order valence-corrected chi connectivity index (χ0v) is 12.5. The van der Waals surface area contributed by atoms with Crippen LogP contribution in [0.2, 0.25) is 0 Å². The number of aliphatic carboxylic acids is 1. The molecule has 0 fully saturated rings. The van der Waals surface area contributed by atoms with E-state index in [1.54, 1.807) is 6.08 Å². The molecular formula is C16H24N2O2. The number of carboxylic acid groups (broad SMARTS) is 1. The van der Waals surface area contributed by atoms with Gasteiger partial charge in [-0.15, -0.1) is 0 Å². The Morgan fingerprint density at radius 1 is 1.20 bits per heavy atom. The summed E-state index contributed by atoms with van der Waals surface area (Å²) >= 11 is 0. The number of nitrogens with zero attached hydrogens (tertiary/aromatic N) is 1. The molecule has 0 aliphatic rings. The average molecular weight is 276 g/mol. The molecule has 110 valence electrons. The second kappa shape index (κ2) is 8.25. The first-order chi connectivity index (χ1) is 9.62. The van der Waals surface area contributed by atoms with Gasteiger partial charge in [0.2, 0.25) is 0 Å². The van der Waals surface area contributed by atoms with Crippen LogP contribution in [0.1, 0.15) is 27.2 Å². The van der Waals surface area contributed by atoms with Gasteiger partial charge in [0.25, 0.3) is 0 Å². The van der Waals surface area contributed by atoms with E-state index in [-0.39, 0.29) is 0 Å². The number of carbonyl (C=O) groups is 1. The SMILES string of the molecule is CC/C(=C/CNc1ccc(N(CC)CC)cc1)C(=O)O. The minimum Gasteiger partial charge on any atom is -0.478 e. The number of carboxylic acids is 1. The molecule has 0 heterocycles. The Morgan fingerprint density at radius 3 is 2.25 bits per heavy atom. The van der Waals surface area contributed by atoms with Gasteiger partial charge in [-0.25, -0.2) is 4.79 Å². The molecule has 0 bridgehead atoms. The number of hydrogen-bond acceptors (Lipinski definition) is 3. The van der Waals surface area contributed by atoms with E-state index < -0.39 is 5.97 Å². The molecule has 0 aromatic heterocycles. The largest absolute Gasteiger partial charge is 0.478 e. The van der Waals surface area contributed by atoms with Crippen molar-refractivity contribution in [3.05, 3.63) is 35.9 Å². The number of nitrogens with one attached hydrogen (secondary N) is 1. The van der Waals surface area contributed by atoms with E-state index in [0.717, 1.165) is 18.8 Å². The Bertz CT molecular complexity index is 448. The molecule has 0 aliphatic carbocycles. The monoisotopic (exact) mass is 276 g/mol. The van der Waals surface area contributed by atoms with Crippen molar-refractivity contribution in [3.63, 3.8) is 0 Å². The van der Waals surface area contributed by atoms with E-state index in [0.29, 0.717) is 18.5 Å². The molecule has 1 rings (SSSR count). The fourth-order valence-corrected chi connectivity index (χ4v) is 2.05. The fraction of sp³-hybridized carbons (Fsp3) is 0.438. The second-order valence-electron chi connectivity index (χ2n) is 4.49. The molecule has 0 radical (unpaired) electrons. The second-order valence-corrected chi connectivity index (χ2v) is 4.49. The summed E-state index contributed by atoms with van der Waals surface area (Å²) in [6, 6.07) is 8.20. The van der Waals surface area contributed by atoms with Gasteiger partial charge >= 0.3 is 5.97 Å². The number of hydrogen-bond donors (Lipinski definition) is 2. The van der Waals surface area contributed by atoms with Crippen molar-refractivity contribution in [2.75, 3.05) is 29.9 Å². The van der Waals surface area contributed by atoms with Gasteiger partial charge in [-0.2, -0.15) is 0 Å². The molecular weight excluding hydrogens is 252 g/mol. The zero-order valence-electron chi connectivity index (χ0n) is 12.5. The maximum Gasteiger partial charge on any atom is 0.331 e.